The average Bonchev–Trinajstić information content (AvgIpc) is 3.80. The van der Waals surface area contributed by atoms with Crippen LogP contribution in [0.2, 0.25) is 0 Å². The van der Waals surface area contributed by atoms with Crippen molar-refractivity contribution in [1.82, 2.24) is 4.90 Å². The zero-order valence-corrected chi connectivity index (χ0v) is 30.6. The molecule has 0 atom stereocenters. The predicted octanol–water partition coefficient (Wildman–Crippen LogP) is 6.12. The van der Waals surface area contributed by atoms with Crippen molar-refractivity contribution in [2.45, 2.75) is 103 Å². The van der Waals surface area contributed by atoms with Gasteiger partial charge in [-0.3, -0.25) is 0 Å². The van der Waals surface area contributed by atoms with Gasteiger partial charge in [-0.05, 0) is 109 Å². The van der Waals surface area contributed by atoms with E-state index >= 15 is 0 Å². The van der Waals surface area contributed by atoms with Crippen LogP contribution in [0.5, 0.6) is 0 Å². The maximum Gasteiger partial charge on any atom is 2.00 e. The SMILES string of the molecule is CN([C]1[CH][CH][C](CN=C([O-])CCCCCCCCCC[S-])[CH]1)C(=O)OCc1cccc(B2OC(C)(C)C(C)(C)O2)c1.[CH]1[CH][CH][CH][CH]1.[Fe+2]. The number of ether oxygens (including phenoxy) is 1. The fourth-order valence-electron chi connectivity index (χ4n) is 4.96. The molecule has 1 saturated heterocycles. The molecule has 4 rings (SSSR count). The predicted molar refractivity (Wildman–Crippen MR) is 187 cm³/mol. The average molecular weight is 703 g/mol. The molecule has 3 aliphatic rings. The van der Waals surface area contributed by atoms with Gasteiger partial charge in [0.25, 0.3) is 0 Å². The number of carbonyl (C=O) groups is 1. The maximum atomic E-state index is 12.7. The summed E-state index contributed by atoms with van der Waals surface area (Å²) < 4.78 is 17.9. The molecule has 1 heterocycles. The molecule has 1 aromatic carbocycles. The minimum Gasteiger partial charge on any atom is -0.862 e. The number of hydrogen-bond acceptors (Lipinski definition) is 7. The third-order valence-electron chi connectivity index (χ3n) is 8.58. The number of carbonyl (C=O) groups excluding carboxylic acids is 1. The van der Waals surface area contributed by atoms with Crippen LogP contribution in [-0.2, 0) is 50.3 Å². The normalized spacial score (nSPS) is 19.3. The van der Waals surface area contributed by atoms with Crippen LogP contribution in [-0.4, -0.2) is 54.6 Å². The zero-order valence-electron chi connectivity index (χ0n) is 28.7. The van der Waals surface area contributed by atoms with E-state index in [4.69, 9.17) is 26.7 Å². The summed E-state index contributed by atoms with van der Waals surface area (Å²) in [6.45, 7) is 8.52. The second-order valence-electron chi connectivity index (χ2n) is 12.9. The number of nitrogens with zero attached hydrogens (tertiary/aromatic N) is 2. The van der Waals surface area contributed by atoms with Gasteiger partial charge in [-0.2, -0.15) is 5.75 Å². The topological polar surface area (TPSA) is 83.4 Å². The molecule has 3 fully saturated rings. The summed E-state index contributed by atoms with van der Waals surface area (Å²) >= 11 is 4.97. The molecule has 2 aliphatic carbocycles. The van der Waals surface area contributed by atoms with Gasteiger partial charge >= 0.3 is 30.3 Å². The van der Waals surface area contributed by atoms with Crippen molar-refractivity contribution in [1.29, 1.82) is 0 Å². The van der Waals surface area contributed by atoms with E-state index in [1.165, 1.54) is 37.0 Å². The van der Waals surface area contributed by atoms with E-state index in [9.17, 15) is 9.90 Å². The number of aliphatic imine (C=N–C) groups is 1. The summed E-state index contributed by atoms with van der Waals surface area (Å²) in [6.07, 6.45) is 24.9. The van der Waals surface area contributed by atoms with Gasteiger partial charge in [-0.1, -0.05) is 69.2 Å². The minimum atomic E-state index is -0.472. The Bertz CT molecular complexity index is 1050. The molecule has 256 valence electrons. The molecule has 1 amide bonds. The fraction of sp³-hybridized carbons (Fsp3) is 0.514. The maximum absolute atomic E-state index is 12.7. The van der Waals surface area contributed by atoms with Crippen LogP contribution in [0.15, 0.2) is 29.3 Å². The van der Waals surface area contributed by atoms with Crippen LogP contribution in [0.25, 0.3) is 0 Å². The van der Waals surface area contributed by atoms with Crippen molar-refractivity contribution >= 4 is 37.2 Å². The van der Waals surface area contributed by atoms with Crippen LogP contribution in [0.3, 0.4) is 0 Å². The zero-order chi connectivity index (χ0) is 33.4. The molecule has 0 unspecified atom stereocenters. The second kappa shape index (κ2) is 21.8. The van der Waals surface area contributed by atoms with Gasteiger partial charge in [0.1, 0.15) is 6.61 Å². The summed E-state index contributed by atoms with van der Waals surface area (Å²) in [5.74, 6) is 1.69. The van der Waals surface area contributed by atoms with Gasteiger partial charge in [-0.15, -0.1) is 0 Å². The van der Waals surface area contributed by atoms with Gasteiger partial charge in [0.2, 0.25) is 0 Å². The first kappa shape index (κ1) is 42.0. The minimum absolute atomic E-state index is 0. The Hall–Kier alpha value is -1.19. The molecule has 0 spiro atoms. The van der Waals surface area contributed by atoms with E-state index in [1.807, 2.05) is 103 Å². The number of amides is 1. The van der Waals surface area contributed by atoms with Gasteiger partial charge in [0.15, 0.2) is 0 Å². The summed E-state index contributed by atoms with van der Waals surface area (Å²) in [5.41, 5.74) is 0.890. The van der Waals surface area contributed by atoms with Crippen molar-refractivity contribution in [2.75, 3.05) is 19.3 Å². The monoisotopic (exact) mass is 702 g/mol. The molecule has 7 nitrogen and oxygen atoms in total. The molecule has 2 saturated carbocycles. The van der Waals surface area contributed by atoms with E-state index in [-0.39, 0.29) is 29.6 Å². The standard InChI is InChI=1S/C32H48BN2O5S.C5H5.Fe/c1-31(2)32(3,4)40-33(39-31)27-16-14-15-26(21-27)24-38-30(37)35(5)28-19-18-25(22-28)23-34-29(36)17-12-10-8-6-7-9-11-13-20-41;1-2-4-5-3-1;/h14-16,18-19,21-22,41H,6-13,17,20,23-24H2,1-5H3,(H,34,36);1-5H;/q;;+2/p-2. The van der Waals surface area contributed by atoms with Crippen molar-refractivity contribution in [3.63, 3.8) is 0 Å². The van der Waals surface area contributed by atoms with Crippen LogP contribution in [0, 0.1) is 63.3 Å². The van der Waals surface area contributed by atoms with Crippen LogP contribution in [0.1, 0.15) is 91.0 Å². The van der Waals surface area contributed by atoms with Crippen molar-refractivity contribution < 1.29 is 41.0 Å². The van der Waals surface area contributed by atoms with Crippen molar-refractivity contribution in [3.8, 4) is 0 Å². The molecule has 0 N–H and O–H groups in total. The Kier molecular flexibility index (Phi) is 19.5. The number of rotatable bonds is 16. The Balaban J connectivity index is 0.00000117. The van der Waals surface area contributed by atoms with Crippen LogP contribution >= 0.6 is 0 Å². The Labute approximate surface area is 302 Å². The second-order valence-corrected chi connectivity index (χ2v) is 13.3. The molecule has 10 radical (unpaired) electrons. The largest absolute Gasteiger partial charge is 2.00 e. The molecule has 47 heavy (non-hydrogen) atoms. The van der Waals surface area contributed by atoms with Gasteiger partial charge in [0.05, 0.1) is 17.2 Å². The van der Waals surface area contributed by atoms with E-state index in [0.717, 1.165) is 42.0 Å². The van der Waals surface area contributed by atoms with E-state index < -0.39 is 24.4 Å². The number of unbranched alkanes of at least 4 members (excludes halogenated alkanes) is 7. The number of hydrogen-bond donors (Lipinski definition) is 0. The smallest absolute Gasteiger partial charge is 0.862 e. The Morgan fingerprint density at radius 3 is 2.09 bits per heavy atom. The molecular weight excluding hydrogens is 651 g/mol. The Morgan fingerprint density at radius 2 is 1.49 bits per heavy atom. The molecule has 0 aromatic heterocycles. The first-order valence-corrected chi connectivity index (χ1v) is 17.2. The first-order chi connectivity index (χ1) is 22.0. The van der Waals surface area contributed by atoms with Gasteiger partial charge < -0.3 is 41.7 Å². The van der Waals surface area contributed by atoms with Gasteiger partial charge in [0, 0.05) is 19.5 Å². The molecule has 0 bridgehead atoms. The van der Waals surface area contributed by atoms with Crippen molar-refractivity contribution in [2.24, 2.45) is 4.99 Å². The molecule has 1 aromatic rings. The third kappa shape index (κ3) is 14.7. The molecule has 1 aliphatic heterocycles. The molecule has 10 heteroatoms. The summed E-state index contributed by atoms with van der Waals surface area (Å²) in [5, 5.41) is 12.2. The van der Waals surface area contributed by atoms with Crippen LogP contribution < -0.4 is 10.6 Å². The van der Waals surface area contributed by atoms with Crippen molar-refractivity contribution in [3.05, 3.63) is 93.2 Å². The Morgan fingerprint density at radius 1 is 0.915 bits per heavy atom. The fourth-order valence-corrected chi connectivity index (χ4v) is 5.16. The van der Waals surface area contributed by atoms with Crippen LogP contribution in [0.4, 0.5) is 4.79 Å². The summed E-state index contributed by atoms with van der Waals surface area (Å²) in [6, 6.07) is 8.42. The van der Waals surface area contributed by atoms with E-state index in [0.29, 0.717) is 19.0 Å². The van der Waals surface area contributed by atoms with E-state index in [1.54, 1.807) is 7.05 Å². The first-order valence-electron chi connectivity index (χ1n) is 16.6. The third-order valence-corrected chi connectivity index (χ3v) is 8.87. The summed E-state index contributed by atoms with van der Waals surface area (Å²) in [4.78, 5) is 18.4. The summed E-state index contributed by atoms with van der Waals surface area (Å²) in [7, 11) is 1.20. The molecular formula is C37H51BFeN2O5S. The van der Waals surface area contributed by atoms with Gasteiger partial charge in [-0.25, -0.2) is 4.79 Å². The van der Waals surface area contributed by atoms with E-state index in [2.05, 4.69) is 4.99 Å². The number of benzene rings is 1. The quantitative estimate of drug-likeness (QED) is 0.0679.